The summed E-state index contributed by atoms with van der Waals surface area (Å²) in [5, 5.41) is 20.2. The number of benzene rings is 2. The van der Waals surface area contributed by atoms with Crippen LogP contribution in [0.5, 0.6) is 5.75 Å². The highest BCUT2D eigenvalue weighted by molar-refractivity contribution is 8.18. The number of phenols is 1. The van der Waals surface area contributed by atoms with E-state index in [0.29, 0.717) is 22.3 Å². The van der Waals surface area contributed by atoms with Crippen molar-refractivity contribution in [1.82, 2.24) is 10.4 Å². The average molecular weight is 385 g/mol. The lowest BCUT2D eigenvalue weighted by Crippen LogP contribution is -2.44. The Kier molecular flexibility index (Phi) is 4.90. The van der Waals surface area contributed by atoms with Gasteiger partial charge in [-0.1, -0.05) is 12.1 Å². The molecule has 2 N–H and O–H groups in total. The number of thioether (sulfide) groups is 1. The molecule has 1 aliphatic heterocycles. The Balaban J connectivity index is 1.77. The van der Waals surface area contributed by atoms with Gasteiger partial charge in [0.25, 0.3) is 17.5 Å². The number of nitro groups is 1. The molecular formula is C17H11N3O6S. The number of nitrogens with zero attached hydrogens (tertiary/aromatic N) is 2. The van der Waals surface area contributed by atoms with Gasteiger partial charge in [0.2, 0.25) is 0 Å². The molecule has 0 atom stereocenters. The smallest absolute Gasteiger partial charge is 0.312 e. The molecule has 3 amide bonds. The lowest BCUT2D eigenvalue weighted by Gasteiger charge is -2.14. The number of hydrogen-bond donors (Lipinski definition) is 2. The number of hydrazine groups is 1. The molecule has 1 saturated heterocycles. The van der Waals surface area contributed by atoms with E-state index in [1.165, 1.54) is 54.6 Å². The first-order chi connectivity index (χ1) is 12.9. The van der Waals surface area contributed by atoms with Crippen LogP contribution in [0.4, 0.5) is 10.5 Å². The first kappa shape index (κ1) is 18.1. The summed E-state index contributed by atoms with van der Waals surface area (Å²) in [5.41, 5.74) is 2.46. The van der Waals surface area contributed by atoms with Crippen molar-refractivity contribution in [3.8, 4) is 5.75 Å². The van der Waals surface area contributed by atoms with E-state index >= 15 is 0 Å². The molecular weight excluding hydrogens is 374 g/mol. The predicted molar refractivity (Wildman–Crippen MR) is 96.5 cm³/mol. The van der Waals surface area contributed by atoms with Crippen LogP contribution in [-0.2, 0) is 4.79 Å². The Morgan fingerprint density at radius 3 is 2.44 bits per heavy atom. The lowest BCUT2D eigenvalue weighted by molar-refractivity contribution is -0.384. The summed E-state index contributed by atoms with van der Waals surface area (Å²) in [6.07, 6.45) is 1.39. The van der Waals surface area contributed by atoms with E-state index in [2.05, 4.69) is 5.43 Å². The standard InChI is InChI=1S/C17H11N3O6S/c21-13-4-2-1-3-12(13)15(22)18-19-16(23)14(27-17(19)24)9-10-5-7-11(8-6-10)20(25)26/h1-9,21H,(H,18,22)/b14-9-. The molecule has 3 rings (SSSR count). The number of nitrogens with one attached hydrogen (secondary N) is 1. The van der Waals surface area contributed by atoms with E-state index in [1.54, 1.807) is 0 Å². The minimum atomic E-state index is -0.813. The highest BCUT2D eigenvalue weighted by Gasteiger charge is 2.37. The number of nitro benzene ring substituents is 1. The first-order valence-corrected chi connectivity index (χ1v) is 8.30. The first-order valence-electron chi connectivity index (χ1n) is 7.48. The number of aromatic hydroxyl groups is 1. The Morgan fingerprint density at radius 2 is 1.81 bits per heavy atom. The molecule has 2 aromatic rings. The monoisotopic (exact) mass is 385 g/mol. The maximum Gasteiger partial charge on any atom is 0.312 e. The molecule has 9 nitrogen and oxygen atoms in total. The zero-order valence-corrected chi connectivity index (χ0v) is 14.3. The highest BCUT2D eigenvalue weighted by atomic mass is 32.2. The van der Waals surface area contributed by atoms with E-state index < -0.39 is 22.0 Å². The second kappa shape index (κ2) is 7.30. The third kappa shape index (κ3) is 3.80. The fourth-order valence-electron chi connectivity index (χ4n) is 2.24. The average Bonchev–Trinajstić information content (AvgIpc) is 2.90. The van der Waals surface area contributed by atoms with E-state index in [-0.39, 0.29) is 21.9 Å². The second-order valence-electron chi connectivity index (χ2n) is 5.32. The molecule has 1 heterocycles. The van der Waals surface area contributed by atoms with Gasteiger partial charge in [0, 0.05) is 12.1 Å². The van der Waals surface area contributed by atoms with E-state index in [4.69, 9.17) is 0 Å². The molecule has 27 heavy (non-hydrogen) atoms. The van der Waals surface area contributed by atoms with Crippen molar-refractivity contribution in [3.05, 3.63) is 74.7 Å². The molecule has 0 unspecified atom stereocenters. The molecule has 0 radical (unpaired) electrons. The van der Waals surface area contributed by atoms with Crippen molar-refractivity contribution in [3.63, 3.8) is 0 Å². The van der Waals surface area contributed by atoms with Crippen LogP contribution in [-0.4, -0.2) is 32.1 Å². The SMILES string of the molecule is O=C(NN1C(=O)S/C(=C\c2ccc([N+](=O)[O-])cc2)C1=O)c1ccccc1O. The quantitative estimate of drug-likeness (QED) is 0.470. The summed E-state index contributed by atoms with van der Waals surface area (Å²) >= 11 is 0.616. The van der Waals surface area contributed by atoms with Gasteiger partial charge in [-0.05, 0) is 47.7 Å². The third-order valence-electron chi connectivity index (χ3n) is 3.56. The number of hydrogen-bond acceptors (Lipinski definition) is 7. The summed E-state index contributed by atoms with van der Waals surface area (Å²) < 4.78 is 0. The summed E-state index contributed by atoms with van der Waals surface area (Å²) in [6.45, 7) is 0. The maximum atomic E-state index is 12.4. The fraction of sp³-hybridized carbons (Fsp3) is 0. The topological polar surface area (TPSA) is 130 Å². The van der Waals surface area contributed by atoms with Crippen molar-refractivity contribution in [1.29, 1.82) is 0 Å². The van der Waals surface area contributed by atoms with Crippen LogP contribution in [0.3, 0.4) is 0 Å². The van der Waals surface area contributed by atoms with Crippen LogP contribution in [0.15, 0.2) is 53.4 Å². The van der Waals surface area contributed by atoms with Crippen molar-refractivity contribution in [2.24, 2.45) is 0 Å². The maximum absolute atomic E-state index is 12.4. The second-order valence-corrected chi connectivity index (χ2v) is 6.32. The Morgan fingerprint density at radius 1 is 1.15 bits per heavy atom. The molecule has 10 heteroatoms. The summed E-state index contributed by atoms with van der Waals surface area (Å²) in [5.74, 6) is -1.84. The molecule has 136 valence electrons. The van der Waals surface area contributed by atoms with Crippen LogP contribution >= 0.6 is 11.8 Å². The van der Waals surface area contributed by atoms with Gasteiger partial charge in [-0.25, -0.2) is 0 Å². The fourth-order valence-corrected chi connectivity index (χ4v) is 3.02. The van der Waals surface area contributed by atoms with E-state index in [1.807, 2.05) is 0 Å². The summed E-state index contributed by atoms with van der Waals surface area (Å²) in [7, 11) is 0. The minimum absolute atomic E-state index is 0.0476. The van der Waals surface area contributed by atoms with Gasteiger partial charge in [0.1, 0.15) is 5.75 Å². The number of phenolic OH excluding ortho intramolecular Hbond substituents is 1. The number of rotatable bonds is 4. The van der Waals surface area contributed by atoms with Crippen molar-refractivity contribution in [2.75, 3.05) is 0 Å². The Labute approximate surface area is 156 Å². The number of amides is 3. The number of imide groups is 1. The van der Waals surface area contributed by atoms with Crippen LogP contribution in [0.2, 0.25) is 0 Å². The number of para-hydroxylation sites is 1. The largest absolute Gasteiger partial charge is 0.507 e. The molecule has 0 saturated carbocycles. The summed E-state index contributed by atoms with van der Waals surface area (Å²) in [4.78, 5) is 46.7. The van der Waals surface area contributed by atoms with Gasteiger partial charge in [0.15, 0.2) is 0 Å². The normalized spacial score (nSPS) is 15.3. The number of non-ortho nitro benzene ring substituents is 1. The van der Waals surface area contributed by atoms with Crippen molar-refractivity contribution < 1.29 is 24.4 Å². The molecule has 2 aromatic carbocycles. The predicted octanol–water partition coefficient (Wildman–Crippen LogP) is 2.68. The van der Waals surface area contributed by atoms with Gasteiger partial charge >= 0.3 is 5.24 Å². The number of carbonyl (C=O) groups excluding carboxylic acids is 3. The van der Waals surface area contributed by atoms with Crippen molar-refractivity contribution >= 4 is 40.6 Å². The third-order valence-corrected chi connectivity index (χ3v) is 4.43. The molecule has 0 aliphatic carbocycles. The zero-order chi connectivity index (χ0) is 19.6. The van der Waals surface area contributed by atoms with Crippen LogP contribution in [0.1, 0.15) is 15.9 Å². The molecule has 0 bridgehead atoms. The van der Waals surface area contributed by atoms with E-state index in [9.17, 15) is 29.6 Å². The molecule has 1 fully saturated rings. The van der Waals surface area contributed by atoms with Crippen LogP contribution in [0, 0.1) is 10.1 Å². The van der Waals surface area contributed by atoms with Crippen LogP contribution < -0.4 is 5.43 Å². The summed E-state index contributed by atoms with van der Waals surface area (Å²) in [6, 6.07) is 11.1. The van der Waals surface area contributed by atoms with Crippen molar-refractivity contribution in [2.45, 2.75) is 0 Å². The van der Waals surface area contributed by atoms with E-state index in [0.717, 1.165) is 0 Å². The molecule has 0 aromatic heterocycles. The highest BCUT2D eigenvalue weighted by Crippen LogP contribution is 2.31. The zero-order valence-electron chi connectivity index (χ0n) is 13.5. The van der Waals surface area contributed by atoms with Gasteiger partial charge in [-0.3, -0.25) is 29.9 Å². The van der Waals surface area contributed by atoms with Gasteiger partial charge in [0.05, 0.1) is 15.4 Å². The molecule has 1 aliphatic rings. The van der Waals surface area contributed by atoms with Crippen LogP contribution in [0.25, 0.3) is 6.08 Å². The van der Waals surface area contributed by atoms with Gasteiger partial charge in [-0.15, -0.1) is 0 Å². The van der Waals surface area contributed by atoms with Gasteiger partial charge < -0.3 is 5.11 Å². The molecule has 0 spiro atoms. The van der Waals surface area contributed by atoms with Gasteiger partial charge in [-0.2, -0.15) is 5.01 Å². The lowest BCUT2D eigenvalue weighted by atomic mass is 10.2. The Bertz CT molecular complexity index is 986. The minimum Gasteiger partial charge on any atom is -0.507 e. The Hall–Kier alpha value is -3.66. The number of carbonyl (C=O) groups is 3.